The molecule has 0 radical (unpaired) electrons. The van der Waals surface area contributed by atoms with Gasteiger partial charge in [-0.3, -0.25) is 4.79 Å². The third kappa shape index (κ3) is 8.86. The number of ether oxygens (including phenoxy) is 2. The molecule has 10 nitrogen and oxygen atoms in total. The van der Waals surface area contributed by atoms with Crippen molar-refractivity contribution in [1.29, 1.82) is 0 Å². The summed E-state index contributed by atoms with van der Waals surface area (Å²) in [6.45, 7) is 0.969. The zero-order chi connectivity index (χ0) is 36.0. The van der Waals surface area contributed by atoms with E-state index in [9.17, 15) is 22.8 Å². The van der Waals surface area contributed by atoms with Gasteiger partial charge in [-0.25, -0.2) is 9.48 Å². The Morgan fingerprint density at radius 2 is 1.69 bits per heavy atom. The van der Waals surface area contributed by atoms with E-state index >= 15 is 0 Å². The average Bonchev–Trinajstić information content (AvgIpc) is 3.83. The summed E-state index contributed by atoms with van der Waals surface area (Å²) in [4.78, 5) is 24.7. The fraction of sp³-hybridized carbons (Fsp3) is 0.237. The highest BCUT2D eigenvalue weighted by molar-refractivity contribution is 6.03. The molecule has 1 atom stereocenters. The quantitative estimate of drug-likeness (QED) is 0.0941. The zero-order valence-corrected chi connectivity index (χ0v) is 27.6. The molecule has 0 saturated heterocycles. The van der Waals surface area contributed by atoms with Crippen molar-refractivity contribution in [2.75, 3.05) is 19.0 Å². The predicted octanol–water partition coefficient (Wildman–Crippen LogP) is 7.59. The van der Waals surface area contributed by atoms with E-state index in [0.29, 0.717) is 41.3 Å². The molecule has 51 heavy (non-hydrogen) atoms. The minimum Gasteiger partial charge on any atom is -0.493 e. The highest BCUT2D eigenvalue weighted by Crippen LogP contribution is 2.39. The number of anilines is 1. The van der Waals surface area contributed by atoms with Gasteiger partial charge in [0.2, 0.25) is 0 Å². The van der Waals surface area contributed by atoms with Gasteiger partial charge in [-0.1, -0.05) is 66.7 Å². The van der Waals surface area contributed by atoms with Gasteiger partial charge >= 0.3 is 12.3 Å². The molecule has 1 saturated carbocycles. The van der Waals surface area contributed by atoms with Crippen molar-refractivity contribution in [2.45, 2.75) is 38.2 Å². The molecule has 2 amide bonds. The van der Waals surface area contributed by atoms with Crippen molar-refractivity contribution in [3.8, 4) is 17.2 Å². The smallest absolute Gasteiger partial charge is 0.435 e. The number of nitrogens with zero attached hydrogens (tertiary/aromatic N) is 2. The van der Waals surface area contributed by atoms with Crippen molar-refractivity contribution < 1.29 is 37.3 Å². The first-order valence-corrected chi connectivity index (χ1v) is 16.3. The Hall–Kier alpha value is -5.82. The number of nitrogens with one attached hydrogen (secondary N) is 3. The SMILES string of the molecule is COc1cccc(C(NCC2CC2)c2cccc(NC(=O)c3cc(C(F)(F)F)nn3-c3cccc(CNC(=O)O)c3)c2)c1OCc1ccccc1. The summed E-state index contributed by atoms with van der Waals surface area (Å²) < 4.78 is 54.5. The lowest BCUT2D eigenvalue weighted by Crippen LogP contribution is -2.25. The van der Waals surface area contributed by atoms with E-state index in [1.807, 2.05) is 54.6 Å². The van der Waals surface area contributed by atoms with Crippen LogP contribution < -0.4 is 25.4 Å². The maximum atomic E-state index is 13.8. The lowest BCUT2D eigenvalue weighted by Gasteiger charge is -2.24. The van der Waals surface area contributed by atoms with Gasteiger partial charge in [-0.05, 0) is 72.3 Å². The van der Waals surface area contributed by atoms with Crippen LogP contribution >= 0.6 is 0 Å². The Morgan fingerprint density at radius 1 is 0.941 bits per heavy atom. The molecule has 0 bridgehead atoms. The van der Waals surface area contributed by atoms with Crippen molar-refractivity contribution in [1.82, 2.24) is 20.4 Å². The number of benzene rings is 4. The van der Waals surface area contributed by atoms with E-state index in [-0.39, 0.29) is 24.0 Å². The highest BCUT2D eigenvalue weighted by atomic mass is 19.4. The molecular formula is C38H36F3N5O5. The molecule has 0 aliphatic heterocycles. The number of carboxylic acid groups (broad SMARTS) is 1. The molecule has 264 valence electrons. The summed E-state index contributed by atoms with van der Waals surface area (Å²) in [6.07, 6.45) is -3.83. The highest BCUT2D eigenvalue weighted by Gasteiger charge is 2.36. The van der Waals surface area contributed by atoms with Crippen LogP contribution in [0.15, 0.2) is 103 Å². The second-order valence-corrected chi connectivity index (χ2v) is 12.2. The van der Waals surface area contributed by atoms with Crippen LogP contribution in [0.5, 0.6) is 11.5 Å². The van der Waals surface area contributed by atoms with Crippen LogP contribution in [0.3, 0.4) is 0 Å². The summed E-state index contributed by atoms with van der Waals surface area (Å²) >= 11 is 0. The molecule has 1 unspecified atom stereocenters. The molecule has 4 aromatic carbocycles. The lowest BCUT2D eigenvalue weighted by molar-refractivity contribution is -0.141. The molecule has 1 aliphatic rings. The first kappa shape index (κ1) is 35.0. The van der Waals surface area contributed by atoms with Crippen molar-refractivity contribution in [2.24, 2.45) is 5.92 Å². The first-order chi connectivity index (χ1) is 24.6. The van der Waals surface area contributed by atoms with Gasteiger partial charge in [0, 0.05) is 23.9 Å². The number of hydrogen-bond acceptors (Lipinski definition) is 6. The van der Waals surface area contributed by atoms with Gasteiger partial charge in [0.25, 0.3) is 5.91 Å². The van der Waals surface area contributed by atoms with Crippen molar-refractivity contribution >= 4 is 17.7 Å². The Labute approximate surface area is 292 Å². The van der Waals surface area contributed by atoms with Crippen molar-refractivity contribution in [3.63, 3.8) is 0 Å². The number of alkyl halides is 3. The van der Waals surface area contributed by atoms with E-state index in [1.165, 1.54) is 12.1 Å². The van der Waals surface area contributed by atoms with E-state index in [2.05, 4.69) is 21.0 Å². The normalized spacial score (nSPS) is 13.3. The second-order valence-electron chi connectivity index (χ2n) is 12.2. The van der Waals surface area contributed by atoms with Crippen LogP contribution in [-0.2, 0) is 19.3 Å². The van der Waals surface area contributed by atoms with Crippen LogP contribution in [0, 0.1) is 5.92 Å². The number of carbonyl (C=O) groups is 2. The maximum Gasteiger partial charge on any atom is 0.435 e. The molecule has 1 aliphatic carbocycles. The number of rotatable bonds is 14. The van der Waals surface area contributed by atoms with E-state index < -0.39 is 23.9 Å². The maximum absolute atomic E-state index is 13.8. The first-order valence-electron chi connectivity index (χ1n) is 16.3. The standard InChI is InChI=1S/C38H36F3N5O5/c1-50-32-15-7-14-30(35(32)51-23-25-8-3-2-4-9-25)34(42-21-24-16-17-24)27-11-6-12-28(19-27)44-36(47)31-20-33(38(39,40)41)45-46(31)29-13-5-10-26(18-29)22-43-37(48)49/h2-15,18-20,24,34,42-43H,16-17,21-23H2,1H3,(H,44,47)(H,48,49). The van der Waals surface area contributed by atoms with E-state index in [4.69, 9.17) is 14.6 Å². The largest absolute Gasteiger partial charge is 0.493 e. The molecule has 6 rings (SSSR count). The van der Waals surface area contributed by atoms with E-state index in [1.54, 1.807) is 37.4 Å². The van der Waals surface area contributed by atoms with Crippen LogP contribution in [0.25, 0.3) is 5.69 Å². The summed E-state index contributed by atoms with van der Waals surface area (Å²) in [7, 11) is 1.58. The van der Waals surface area contributed by atoms with Crippen LogP contribution in [0.1, 0.15) is 57.3 Å². The number of aromatic nitrogens is 2. The molecule has 1 heterocycles. The third-order valence-electron chi connectivity index (χ3n) is 8.38. The molecule has 0 spiro atoms. The second kappa shape index (κ2) is 15.4. The van der Waals surface area contributed by atoms with Crippen LogP contribution in [-0.4, -0.2) is 40.5 Å². The number of para-hydroxylation sites is 1. The molecular weight excluding hydrogens is 663 g/mol. The van der Waals surface area contributed by atoms with Gasteiger partial charge in [0.05, 0.1) is 18.8 Å². The Morgan fingerprint density at radius 3 is 2.41 bits per heavy atom. The molecule has 13 heteroatoms. The molecule has 5 aromatic rings. The number of carbonyl (C=O) groups excluding carboxylic acids is 1. The number of halogens is 3. The molecule has 4 N–H and O–H groups in total. The fourth-order valence-corrected chi connectivity index (χ4v) is 5.66. The minimum absolute atomic E-state index is 0.0901. The van der Waals surface area contributed by atoms with Gasteiger partial charge in [0.15, 0.2) is 17.2 Å². The van der Waals surface area contributed by atoms with Crippen LogP contribution in [0.4, 0.5) is 23.7 Å². The average molecular weight is 700 g/mol. The summed E-state index contributed by atoms with van der Waals surface area (Å²) in [6, 6.07) is 28.9. The topological polar surface area (TPSA) is 127 Å². The molecule has 1 fully saturated rings. The summed E-state index contributed by atoms with van der Waals surface area (Å²) in [5.41, 5.74) is 1.95. The Kier molecular flexibility index (Phi) is 10.6. The number of methoxy groups -OCH3 is 1. The van der Waals surface area contributed by atoms with Gasteiger partial charge in [0.1, 0.15) is 12.3 Å². The molecule has 1 aromatic heterocycles. The van der Waals surface area contributed by atoms with Crippen molar-refractivity contribution in [3.05, 3.63) is 137 Å². The zero-order valence-electron chi connectivity index (χ0n) is 27.6. The van der Waals surface area contributed by atoms with Gasteiger partial charge in [-0.2, -0.15) is 18.3 Å². The Balaban J connectivity index is 1.31. The summed E-state index contributed by atoms with van der Waals surface area (Å²) in [5, 5.41) is 21.3. The predicted molar refractivity (Wildman–Crippen MR) is 184 cm³/mol. The van der Waals surface area contributed by atoms with E-state index in [0.717, 1.165) is 40.8 Å². The van der Waals surface area contributed by atoms with Crippen LogP contribution in [0.2, 0.25) is 0 Å². The van der Waals surface area contributed by atoms with Gasteiger partial charge in [-0.15, -0.1) is 0 Å². The third-order valence-corrected chi connectivity index (χ3v) is 8.38. The monoisotopic (exact) mass is 699 g/mol. The lowest BCUT2D eigenvalue weighted by atomic mass is 9.96. The number of amides is 2. The fourth-order valence-electron chi connectivity index (χ4n) is 5.66. The number of hydrogen-bond donors (Lipinski definition) is 4. The summed E-state index contributed by atoms with van der Waals surface area (Å²) in [5.74, 6) is 0.842. The minimum atomic E-state index is -4.82. The Bertz CT molecular complexity index is 2000. The van der Waals surface area contributed by atoms with Gasteiger partial charge < -0.3 is 30.5 Å².